The Morgan fingerprint density at radius 2 is 0.333 bits per heavy atom. The van der Waals surface area contributed by atoms with Crippen LogP contribution in [0.15, 0.2) is 0 Å². The minimum Gasteiger partial charge on any atom is -0.412 e. The molecular weight excluding hydrogens is 213 g/mol. The van der Waals surface area contributed by atoms with E-state index in [1.807, 2.05) is 0 Å². The maximum absolute atomic E-state index is 0. The third-order valence-electron chi connectivity index (χ3n) is 0. The zero-order valence-corrected chi connectivity index (χ0v) is 8.40. The Hall–Kier alpha value is 0.633. The molecule has 0 radical (unpaired) electrons. The average molecular weight is 228 g/mol. The number of hydrogen-bond donors (Lipinski definition) is 0. The Kier molecular flexibility index (Phi) is 249000. The first-order chi connectivity index (χ1) is 0. The van der Waals surface area contributed by atoms with Crippen molar-refractivity contribution in [3.63, 3.8) is 0 Å². The van der Waals surface area contributed by atoms with Crippen LogP contribution in [0.2, 0.25) is 0 Å². The zero-order chi connectivity index (χ0) is 0. The fourth-order valence-corrected chi connectivity index (χ4v) is 0. The molecule has 0 unspecified atom stereocenters. The van der Waals surface area contributed by atoms with Crippen molar-refractivity contribution in [3.05, 3.63) is 0 Å². The van der Waals surface area contributed by atoms with Crippen molar-refractivity contribution in [2.24, 2.45) is 0 Å². The van der Waals surface area contributed by atoms with Crippen LogP contribution in [0.1, 0.15) is 0 Å². The first-order valence-corrected chi connectivity index (χ1v) is 0. The minimum atomic E-state index is 0. The van der Waals surface area contributed by atoms with Crippen LogP contribution in [0.25, 0.3) is 0 Å². The van der Waals surface area contributed by atoms with Crippen LogP contribution in [0.4, 0.5) is 0 Å². The molecule has 0 rings (SSSR count). The topological polar surface area (TPSA) is 220 Å². The molecule has 0 aromatic rings. The van der Waals surface area contributed by atoms with Crippen molar-refractivity contribution in [1.82, 2.24) is 0 Å². The van der Waals surface area contributed by atoms with Gasteiger partial charge in [-0.3, -0.25) is 0 Å². The summed E-state index contributed by atoms with van der Waals surface area (Å²) >= 11 is 0. The molecule has 0 aromatic heterocycles. The number of halogens is 1. The molecule has 0 aliphatic heterocycles. The summed E-state index contributed by atoms with van der Waals surface area (Å²) in [7, 11) is 0. The molecular formula is H15ClO7Zn. The van der Waals surface area contributed by atoms with E-state index in [2.05, 4.69) is 0 Å². The van der Waals surface area contributed by atoms with Gasteiger partial charge in [0.05, 0.1) is 0 Å². The minimum absolute atomic E-state index is 0. The van der Waals surface area contributed by atoms with Crippen LogP contribution >= 0.6 is 12.4 Å². The van der Waals surface area contributed by atoms with E-state index in [1.54, 1.807) is 0 Å². The van der Waals surface area contributed by atoms with E-state index < -0.39 is 0 Å². The van der Waals surface area contributed by atoms with Crippen molar-refractivity contribution in [2.75, 3.05) is 0 Å². The Bertz CT molecular complexity index is 8.88. The fraction of sp³-hybridized carbons (Fsp3) is 0. The van der Waals surface area contributed by atoms with E-state index in [0.29, 0.717) is 0 Å². The normalized spacial score (nSPS) is 0. The Labute approximate surface area is 70.8 Å². The Morgan fingerprint density at radius 3 is 0.333 bits per heavy atom. The van der Waals surface area contributed by atoms with Crippen LogP contribution in [0.5, 0.6) is 0 Å². The van der Waals surface area contributed by atoms with Gasteiger partial charge in [-0.15, -0.1) is 12.4 Å². The second-order valence-electron chi connectivity index (χ2n) is 0. The predicted molar refractivity (Wildman–Crippen MR) is 32.5 cm³/mol. The quantitative estimate of drug-likeness (QED) is 0.354. The van der Waals surface area contributed by atoms with E-state index in [-0.39, 0.29) is 70.2 Å². The Balaban J connectivity index is 0. The number of hydrogen-bond acceptors (Lipinski definition) is 0. The molecule has 0 saturated heterocycles. The van der Waals surface area contributed by atoms with E-state index in [0.717, 1.165) is 0 Å². The van der Waals surface area contributed by atoms with Gasteiger partial charge in [-0.1, -0.05) is 0 Å². The van der Waals surface area contributed by atoms with Crippen molar-refractivity contribution >= 4 is 12.4 Å². The van der Waals surface area contributed by atoms with Crippen LogP contribution in [-0.2, 0) is 19.5 Å². The molecule has 0 atom stereocenters. The van der Waals surface area contributed by atoms with Gasteiger partial charge in [-0.05, 0) is 0 Å². The van der Waals surface area contributed by atoms with E-state index in [9.17, 15) is 0 Å². The van der Waals surface area contributed by atoms with E-state index >= 15 is 0 Å². The van der Waals surface area contributed by atoms with Gasteiger partial charge in [0.25, 0.3) is 0 Å². The molecule has 0 saturated carbocycles. The van der Waals surface area contributed by atoms with E-state index in [4.69, 9.17) is 0 Å². The van der Waals surface area contributed by atoms with Gasteiger partial charge in [0.2, 0.25) is 0 Å². The van der Waals surface area contributed by atoms with Crippen LogP contribution < -0.4 is 0 Å². The summed E-state index contributed by atoms with van der Waals surface area (Å²) in [5.41, 5.74) is 0. The second kappa shape index (κ2) is 1250. The Morgan fingerprint density at radius 1 is 0.333 bits per heavy atom. The predicted octanol–water partition coefficient (Wildman–Crippen LogP) is -5.35. The van der Waals surface area contributed by atoms with Gasteiger partial charge in [0.1, 0.15) is 0 Å². The van der Waals surface area contributed by atoms with E-state index in [1.165, 1.54) is 0 Å². The van der Waals surface area contributed by atoms with Crippen molar-refractivity contribution in [1.29, 1.82) is 0 Å². The first kappa shape index (κ1) is 1790. The van der Waals surface area contributed by atoms with Gasteiger partial charge in [-0.25, -0.2) is 0 Å². The molecule has 66 valence electrons. The summed E-state index contributed by atoms with van der Waals surface area (Å²) < 4.78 is 0. The van der Waals surface area contributed by atoms with Gasteiger partial charge in [0, 0.05) is 19.5 Å². The summed E-state index contributed by atoms with van der Waals surface area (Å²) in [6.45, 7) is 0. The molecule has 0 bridgehead atoms. The molecule has 0 amide bonds. The summed E-state index contributed by atoms with van der Waals surface area (Å²) in [5.74, 6) is 0. The van der Waals surface area contributed by atoms with Gasteiger partial charge in [-0.2, -0.15) is 0 Å². The fourth-order valence-electron chi connectivity index (χ4n) is 0. The SMILES string of the molecule is Cl.O.O.O.O.O.O.O.[Zn]. The first-order valence-electron chi connectivity index (χ1n) is 0. The van der Waals surface area contributed by atoms with Gasteiger partial charge < -0.3 is 38.3 Å². The van der Waals surface area contributed by atoms with Gasteiger partial charge >= 0.3 is 0 Å². The summed E-state index contributed by atoms with van der Waals surface area (Å²) in [5, 5.41) is 0. The van der Waals surface area contributed by atoms with Crippen LogP contribution in [0, 0.1) is 0 Å². The number of rotatable bonds is 0. The maximum atomic E-state index is 0. The molecule has 14 N–H and O–H groups in total. The maximum Gasteiger partial charge on any atom is 0 e. The molecule has 0 aliphatic carbocycles. The second-order valence-corrected chi connectivity index (χ2v) is 0. The largest absolute Gasteiger partial charge is 0.412 e. The summed E-state index contributed by atoms with van der Waals surface area (Å²) in [6.07, 6.45) is 0. The standard InChI is InChI=1S/ClH.7H2O.Zn/h1H;7*1H2;. The third-order valence-corrected chi connectivity index (χ3v) is 0. The smallest absolute Gasteiger partial charge is 0 e. The molecule has 0 aromatic carbocycles. The van der Waals surface area contributed by atoms with Crippen molar-refractivity contribution < 1.29 is 57.8 Å². The van der Waals surface area contributed by atoms with Crippen LogP contribution in [0.3, 0.4) is 0 Å². The zero-order valence-electron chi connectivity index (χ0n) is 4.62. The molecule has 9 heavy (non-hydrogen) atoms. The molecule has 0 aliphatic rings. The average Bonchev–Trinajstić information content (AvgIpc) is 0. The molecule has 0 spiro atoms. The molecule has 0 heterocycles. The van der Waals surface area contributed by atoms with Crippen LogP contribution in [-0.4, -0.2) is 38.3 Å². The molecule has 0 fully saturated rings. The molecule has 7 nitrogen and oxygen atoms in total. The summed E-state index contributed by atoms with van der Waals surface area (Å²) in [4.78, 5) is 0. The molecule has 9 heteroatoms. The van der Waals surface area contributed by atoms with Gasteiger partial charge in [0.15, 0.2) is 0 Å². The monoisotopic (exact) mass is 226 g/mol. The van der Waals surface area contributed by atoms with Crippen molar-refractivity contribution in [2.45, 2.75) is 0 Å². The van der Waals surface area contributed by atoms with Crippen molar-refractivity contribution in [3.8, 4) is 0 Å². The summed E-state index contributed by atoms with van der Waals surface area (Å²) in [6, 6.07) is 0. The third kappa shape index (κ3) is 947.